The van der Waals surface area contributed by atoms with Crippen LogP contribution in [-0.4, -0.2) is 47.7 Å². The Balaban J connectivity index is 1.68. The molecule has 0 atom stereocenters. The lowest BCUT2D eigenvalue weighted by atomic mass is 10.2. The van der Waals surface area contributed by atoms with Crippen LogP contribution < -0.4 is 4.74 Å². The van der Waals surface area contributed by atoms with Gasteiger partial charge in [0.25, 0.3) is 0 Å². The molecule has 0 bridgehead atoms. The highest BCUT2D eigenvalue weighted by molar-refractivity contribution is 7.89. The second kappa shape index (κ2) is 8.10. The summed E-state index contributed by atoms with van der Waals surface area (Å²) in [5.41, 5.74) is 1.61. The third kappa shape index (κ3) is 3.85. The monoisotopic (exact) mass is 430 g/mol. The molecule has 0 amide bonds. The highest BCUT2D eigenvalue weighted by Gasteiger charge is 2.25. The summed E-state index contributed by atoms with van der Waals surface area (Å²) in [5.74, 6) is 1.39. The van der Waals surface area contributed by atoms with Gasteiger partial charge in [-0.05, 0) is 73.6 Å². The zero-order valence-electron chi connectivity index (χ0n) is 16.0. The predicted octanol–water partition coefficient (Wildman–Crippen LogP) is 3.78. The van der Waals surface area contributed by atoms with Crippen molar-refractivity contribution in [1.29, 1.82) is 0 Å². The first kappa shape index (κ1) is 19.8. The molecule has 9 heteroatoms. The summed E-state index contributed by atoms with van der Waals surface area (Å²) >= 11 is 5.41. The van der Waals surface area contributed by atoms with E-state index >= 15 is 0 Å². The molecule has 1 aromatic heterocycles. The molecule has 2 heterocycles. The quantitative estimate of drug-likeness (QED) is 0.623. The minimum Gasteiger partial charge on any atom is -0.497 e. The molecule has 0 unspecified atom stereocenters. The van der Waals surface area contributed by atoms with Gasteiger partial charge in [-0.3, -0.25) is 9.67 Å². The van der Waals surface area contributed by atoms with Crippen molar-refractivity contribution in [1.82, 2.24) is 19.1 Å². The first-order valence-electron chi connectivity index (χ1n) is 9.43. The third-order valence-corrected chi connectivity index (χ3v) is 7.26. The topological polar surface area (TPSA) is 80.2 Å². The van der Waals surface area contributed by atoms with E-state index in [1.165, 1.54) is 0 Å². The number of H-pyrrole nitrogens is 1. The zero-order valence-corrected chi connectivity index (χ0v) is 17.7. The summed E-state index contributed by atoms with van der Waals surface area (Å²) in [4.78, 5) is 0.296. The molecule has 0 aliphatic carbocycles. The van der Waals surface area contributed by atoms with Crippen LogP contribution in [0.5, 0.6) is 5.75 Å². The van der Waals surface area contributed by atoms with Crippen LogP contribution in [0.2, 0.25) is 0 Å². The SMILES string of the molecule is COc1ccc(-c2n[nH]c(=S)n2-c2ccc(S(=O)(=O)N3CCCCC3)cc2)cc1. The first-order chi connectivity index (χ1) is 14.0. The number of hydrogen-bond acceptors (Lipinski definition) is 5. The second-order valence-corrected chi connectivity index (χ2v) is 9.20. The normalized spacial score (nSPS) is 15.3. The largest absolute Gasteiger partial charge is 0.497 e. The average Bonchev–Trinajstić information content (AvgIpc) is 3.16. The lowest BCUT2D eigenvalue weighted by Crippen LogP contribution is -2.35. The van der Waals surface area contributed by atoms with E-state index in [2.05, 4.69) is 10.2 Å². The number of nitrogens with one attached hydrogen (secondary N) is 1. The smallest absolute Gasteiger partial charge is 0.243 e. The van der Waals surface area contributed by atoms with Gasteiger partial charge in [0.2, 0.25) is 10.0 Å². The van der Waals surface area contributed by atoms with E-state index in [0.717, 1.165) is 36.3 Å². The second-order valence-electron chi connectivity index (χ2n) is 6.87. The molecule has 1 N–H and O–H groups in total. The van der Waals surface area contributed by atoms with E-state index in [9.17, 15) is 8.42 Å². The molecule has 0 saturated carbocycles. The van der Waals surface area contributed by atoms with Crippen molar-refractivity contribution in [3.8, 4) is 22.8 Å². The fraction of sp³-hybridized carbons (Fsp3) is 0.300. The first-order valence-corrected chi connectivity index (χ1v) is 11.3. The van der Waals surface area contributed by atoms with E-state index < -0.39 is 10.0 Å². The minimum atomic E-state index is -3.47. The van der Waals surface area contributed by atoms with Crippen LogP contribution in [0.1, 0.15) is 19.3 Å². The van der Waals surface area contributed by atoms with Crippen molar-refractivity contribution >= 4 is 22.2 Å². The molecule has 29 heavy (non-hydrogen) atoms. The summed E-state index contributed by atoms with van der Waals surface area (Å²) in [6.07, 6.45) is 2.90. The van der Waals surface area contributed by atoms with Crippen LogP contribution in [0.4, 0.5) is 0 Å². The van der Waals surface area contributed by atoms with Gasteiger partial charge in [0.05, 0.1) is 17.7 Å². The van der Waals surface area contributed by atoms with Crippen molar-refractivity contribution in [3.63, 3.8) is 0 Å². The Labute approximate surface area is 175 Å². The lowest BCUT2D eigenvalue weighted by Gasteiger charge is -2.25. The molecule has 1 fully saturated rings. The molecular formula is C20H22N4O3S2. The molecule has 1 aliphatic heterocycles. The Morgan fingerprint density at radius 1 is 1.00 bits per heavy atom. The number of rotatable bonds is 5. The average molecular weight is 431 g/mol. The van der Waals surface area contributed by atoms with Gasteiger partial charge in [-0.25, -0.2) is 8.42 Å². The molecule has 1 aliphatic rings. The highest BCUT2D eigenvalue weighted by Crippen LogP contribution is 2.26. The van der Waals surface area contributed by atoms with Crippen molar-refractivity contribution in [3.05, 3.63) is 53.3 Å². The number of piperidine rings is 1. The summed E-state index contributed by atoms with van der Waals surface area (Å²) in [7, 11) is -1.85. The summed E-state index contributed by atoms with van der Waals surface area (Å²) in [5, 5.41) is 7.16. The molecule has 1 saturated heterocycles. The summed E-state index contributed by atoms with van der Waals surface area (Å²) in [6.45, 7) is 1.16. The van der Waals surface area contributed by atoms with Crippen molar-refractivity contribution in [2.45, 2.75) is 24.2 Å². The van der Waals surface area contributed by atoms with Gasteiger partial charge < -0.3 is 4.74 Å². The third-order valence-electron chi connectivity index (χ3n) is 5.07. The number of nitrogens with zero attached hydrogens (tertiary/aromatic N) is 3. The fourth-order valence-corrected chi connectivity index (χ4v) is 5.25. The summed E-state index contributed by atoms with van der Waals surface area (Å²) < 4.78 is 34.7. The Morgan fingerprint density at radius 2 is 1.66 bits per heavy atom. The van der Waals surface area contributed by atoms with E-state index in [4.69, 9.17) is 17.0 Å². The van der Waals surface area contributed by atoms with Crippen LogP contribution in [0.3, 0.4) is 0 Å². The van der Waals surface area contributed by atoms with Gasteiger partial charge in [-0.1, -0.05) is 6.42 Å². The molecule has 152 valence electrons. The van der Waals surface area contributed by atoms with Crippen LogP contribution >= 0.6 is 12.2 Å². The maximum atomic E-state index is 12.9. The van der Waals surface area contributed by atoms with Gasteiger partial charge in [0.1, 0.15) is 5.75 Å². The predicted molar refractivity (Wildman–Crippen MR) is 113 cm³/mol. The number of aromatic nitrogens is 3. The molecular weight excluding hydrogens is 408 g/mol. The van der Waals surface area contributed by atoms with Gasteiger partial charge in [-0.15, -0.1) is 0 Å². The number of benzene rings is 2. The summed E-state index contributed by atoms with van der Waals surface area (Å²) in [6, 6.07) is 14.3. The van der Waals surface area contributed by atoms with Crippen molar-refractivity contribution < 1.29 is 13.2 Å². The van der Waals surface area contributed by atoms with Crippen LogP contribution in [0, 0.1) is 4.77 Å². The maximum absolute atomic E-state index is 12.9. The minimum absolute atomic E-state index is 0.296. The van der Waals surface area contributed by atoms with Crippen molar-refractivity contribution in [2.75, 3.05) is 20.2 Å². The standard InChI is InChI=1S/C20H22N4O3S2/c1-27-17-9-5-15(6-10-17)19-21-22-20(28)24(19)16-7-11-18(12-8-16)29(25,26)23-13-3-2-4-14-23/h5-12H,2-4,13-14H2,1H3,(H,22,28). The molecule has 0 radical (unpaired) electrons. The van der Waals surface area contributed by atoms with Gasteiger partial charge in [0.15, 0.2) is 10.6 Å². The zero-order chi connectivity index (χ0) is 20.4. The number of hydrogen-bond donors (Lipinski definition) is 1. The highest BCUT2D eigenvalue weighted by atomic mass is 32.2. The van der Waals surface area contributed by atoms with Gasteiger partial charge in [-0.2, -0.15) is 9.40 Å². The van der Waals surface area contributed by atoms with Gasteiger partial charge >= 0.3 is 0 Å². The Morgan fingerprint density at radius 3 is 2.28 bits per heavy atom. The van der Waals surface area contributed by atoms with Crippen LogP contribution in [0.25, 0.3) is 17.1 Å². The molecule has 4 rings (SSSR count). The number of sulfonamides is 1. The van der Waals surface area contributed by atoms with Crippen LogP contribution in [-0.2, 0) is 10.0 Å². The number of ether oxygens (including phenoxy) is 1. The maximum Gasteiger partial charge on any atom is 0.243 e. The molecule has 3 aromatic rings. The Hall–Kier alpha value is -2.49. The lowest BCUT2D eigenvalue weighted by molar-refractivity contribution is 0.346. The molecule has 2 aromatic carbocycles. The number of aromatic amines is 1. The van der Waals surface area contributed by atoms with Gasteiger partial charge in [0, 0.05) is 18.7 Å². The van der Waals surface area contributed by atoms with Crippen molar-refractivity contribution in [2.24, 2.45) is 0 Å². The van der Waals surface area contributed by atoms with Crippen LogP contribution in [0.15, 0.2) is 53.4 Å². The Bertz CT molecular complexity index is 1140. The number of methoxy groups -OCH3 is 1. The Kier molecular flexibility index (Phi) is 5.53. The van der Waals surface area contributed by atoms with E-state index in [1.54, 1.807) is 40.2 Å². The van der Waals surface area contributed by atoms with E-state index in [-0.39, 0.29) is 0 Å². The molecule has 7 nitrogen and oxygen atoms in total. The van der Waals surface area contributed by atoms with E-state index in [0.29, 0.717) is 28.6 Å². The fourth-order valence-electron chi connectivity index (χ4n) is 3.49. The molecule has 0 spiro atoms. The van der Waals surface area contributed by atoms with E-state index in [1.807, 2.05) is 24.3 Å².